The number of nitrogens with zero attached hydrogens (tertiary/aromatic N) is 2. The zero-order chi connectivity index (χ0) is 17.4. The van der Waals surface area contributed by atoms with Crippen molar-refractivity contribution < 1.29 is 9.47 Å². The number of nitrogens with one attached hydrogen (secondary N) is 1. The van der Waals surface area contributed by atoms with Crippen LogP contribution in [0.1, 0.15) is 24.0 Å². The fraction of sp³-hybridized carbons (Fsp3) is 0.611. The van der Waals surface area contributed by atoms with Crippen LogP contribution in [0.3, 0.4) is 0 Å². The van der Waals surface area contributed by atoms with Gasteiger partial charge < -0.3 is 19.7 Å². The van der Waals surface area contributed by atoms with E-state index in [2.05, 4.69) is 33.6 Å². The predicted octanol–water partition coefficient (Wildman–Crippen LogP) is 3.40. The second-order valence-electron chi connectivity index (χ2n) is 5.82. The number of hydrogen-bond acceptors (Lipinski definition) is 4. The maximum Gasteiger partial charge on any atom is 0.193 e. The summed E-state index contributed by atoms with van der Waals surface area (Å²) in [6.45, 7) is 2.79. The van der Waals surface area contributed by atoms with Crippen molar-refractivity contribution in [2.24, 2.45) is 4.99 Å². The Morgan fingerprint density at radius 3 is 2.48 bits per heavy atom. The van der Waals surface area contributed by atoms with Gasteiger partial charge in [-0.2, -0.15) is 11.8 Å². The van der Waals surface area contributed by atoms with Gasteiger partial charge in [-0.25, -0.2) is 0 Å². The van der Waals surface area contributed by atoms with Crippen LogP contribution in [0.2, 0.25) is 0 Å². The second kappa shape index (κ2) is 11.7. The summed E-state index contributed by atoms with van der Waals surface area (Å²) >= 11 is 1.90. The molecule has 0 spiro atoms. The fourth-order valence-corrected chi connectivity index (χ4v) is 3.46. The minimum absolute atomic E-state index is 0. The molecule has 0 atom stereocenters. The number of halogens is 1. The Labute approximate surface area is 173 Å². The minimum Gasteiger partial charge on any atom is -0.493 e. The Hall–Kier alpha value is -0.830. The molecule has 1 aromatic carbocycles. The van der Waals surface area contributed by atoms with Crippen molar-refractivity contribution in [2.75, 3.05) is 46.4 Å². The Bertz CT molecular complexity index is 569. The third-order valence-corrected chi connectivity index (χ3v) is 4.98. The first kappa shape index (κ1) is 22.2. The monoisotopic (exact) mass is 479 g/mol. The molecule has 0 aromatic heterocycles. The van der Waals surface area contributed by atoms with Gasteiger partial charge in [-0.3, -0.25) is 4.99 Å². The molecule has 0 saturated heterocycles. The average molecular weight is 479 g/mol. The first-order valence-electron chi connectivity index (χ1n) is 8.41. The van der Waals surface area contributed by atoms with Crippen LogP contribution in [0.25, 0.3) is 0 Å². The van der Waals surface area contributed by atoms with E-state index >= 15 is 0 Å². The third kappa shape index (κ3) is 6.13. The lowest BCUT2D eigenvalue weighted by atomic mass is 9.99. The molecule has 1 heterocycles. The summed E-state index contributed by atoms with van der Waals surface area (Å²) < 4.78 is 10.8. The van der Waals surface area contributed by atoms with E-state index in [1.54, 1.807) is 14.2 Å². The van der Waals surface area contributed by atoms with Crippen molar-refractivity contribution in [2.45, 2.75) is 25.8 Å². The molecule has 25 heavy (non-hydrogen) atoms. The van der Waals surface area contributed by atoms with Gasteiger partial charge in [0.25, 0.3) is 0 Å². The van der Waals surface area contributed by atoms with Crippen molar-refractivity contribution in [3.8, 4) is 11.5 Å². The standard InChI is InChI=1S/C18H29N3O2S.HI/c1-19-18(20-8-5-6-10-24-4)21-9-7-14-11-16(22-2)17(23-3)12-15(14)13-21;/h11-12H,5-10,13H2,1-4H3,(H,19,20);1H. The van der Waals surface area contributed by atoms with Gasteiger partial charge in [-0.05, 0) is 54.5 Å². The highest BCUT2D eigenvalue weighted by molar-refractivity contribution is 14.0. The quantitative estimate of drug-likeness (QED) is 0.281. The molecular formula is C18H30IN3O2S. The van der Waals surface area contributed by atoms with Crippen LogP contribution in [-0.4, -0.2) is 57.2 Å². The minimum atomic E-state index is 0. The molecule has 1 N–H and O–H groups in total. The van der Waals surface area contributed by atoms with Crippen molar-refractivity contribution in [3.63, 3.8) is 0 Å². The lowest BCUT2D eigenvalue weighted by Gasteiger charge is -2.32. The fourth-order valence-electron chi connectivity index (χ4n) is 2.97. The van der Waals surface area contributed by atoms with Gasteiger partial charge >= 0.3 is 0 Å². The molecule has 1 aromatic rings. The van der Waals surface area contributed by atoms with E-state index < -0.39 is 0 Å². The average Bonchev–Trinajstić information content (AvgIpc) is 2.63. The number of hydrogen-bond donors (Lipinski definition) is 1. The first-order chi connectivity index (χ1) is 11.7. The van der Waals surface area contributed by atoms with Gasteiger partial charge in [0.05, 0.1) is 14.2 Å². The molecule has 5 nitrogen and oxygen atoms in total. The molecule has 0 radical (unpaired) electrons. The van der Waals surface area contributed by atoms with E-state index in [-0.39, 0.29) is 24.0 Å². The number of aliphatic imine (C=N–C) groups is 1. The molecule has 1 aliphatic heterocycles. The summed E-state index contributed by atoms with van der Waals surface area (Å²) in [7, 11) is 5.22. The van der Waals surface area contributed by atoms with Crippen LogP contribution >= 0.6 is 35.7 Å². The maximum absolute atomic E-state index is 5.44. The van der Waals surface area contributed by atoms with E-state index in [9.17, 15) is 0 Å². The van der Waals surface area contributed by atoms with Crippen LogP contribution in [-0.2, 0) is 13.0 Å². The van der Waals surface area contributed by atoms with Crippen LogP contribution in [0, 0.1) is 0 Å². The number of rotatable bonds is 7. The summed E-state index contributed by atoms with van der Waals surface area (Å²) in [6.07, 6.45) is 5.56. The molecule has 1 aliphatic rings. The first-order valence-corrected chi connectivity index (χ1v) is 9.81. The Morgan fingerprint density at radius 1 is 1.20 bits per heavy atom. The van der Waals surface area contributed by atoms with Crippen molar-refractivity contribution >= 4 is 41.7 Å². The zero-order valence-electron chi connectivity index (χ0n) is 15.6. The molecule has 0 amide bonds. The number of fused-ring (bicyclic) bond motifs is 1. The number of guanidine groups is 1. The molecule has 0 bridgehead atoms. The number of unbranched alkanes of at least 4 members (excludes halogenated alkanes) is 1. The molecular weight excluding hydrogens is 449 g/mol. The molecule has 142 valence electrons. The second-order valence-corrected chi connectivity index (χ2v) is 6.81. The number of ether oxygens (including phenoxy) is 2. The third-order valence-electron chi connectivity index (χ3n) is 4.29. The summed E-state index contributed by atoms with van der Waals surface area (Å²) in [5.41, 5.74) is 2.61. The van der Waals surface area contributed by atoms with E-state index in [4.69, 9.17) is 9.47 Å². The van der Waals surface area contributed by atoms with Gasteiger partial charge in [-0.15, -0.1) is 24.0 Å². The molecule has 0 unspecified atom stereocenters. The van der Waals surface area contributed by atoms with E-state index in [1.165, 1.54) is 29.7 Å². The van der Waals surface area contributed by atoms with E-state index in [0.717, 1.165) is 43.5 Å². The summed E-state index contributed by atoms with van der Waals surface area (Å²) in [5.74, 6) is 3.80. The maximum atomic E-state index is 5.44. The smallest absolute Gasteiger partial charge is 0.193 e. The SMILES string of the molecule is CN=C(NCCCCSC)N1CCc2cc(OC)c(OC)cc2C1.I. The van der Waals surface area contributed by atoms with Crippen molar-refractivity contribution in [1.29, 1.82) is 0 Å². The van der Waals surface area contributed by atoms with E-state index in [0.29, 0.717) is 0 Å². The lowest BCUT2D eigenvalue weighted by molar-refractivity contribution is 0.346. The molecule has 0 fully saturated rings. The van der Waals surface area contributed by atoms with Gasteiger partial charge in [-0.1, -0.05) is 0 Å². The molecule has 0 saturated carbocycles. The predicted molar refractivity (Wildman–Crippen MR) is 118 cm³/mol. The number of benzene rings is 1. The lowest BCUT2D eigenvalue weighted by Crippen LogP contribution is -2.44. The largest absolute Gasteiger partial charge is 0.493 e. The number of methoxy groups -OCH3 is 2. The Kier molecular flexibility index (Phi) is 10.4. The summed E-state index contributed by atoms with van der Waals surface area (Å²) in [5, 5.41) is 3.49. The topological polar surface area (TPSA) is 46.1 Å². The summed E-state index contributed by atoms with van der Waals surface area (Å²) in [6, 6.07) is 4.19. The normalized spacial score (nSPS) is 13.8. The van der Waals surface area contributed by atoms with Gasteiger partial charge in [0.1, 0.15) is 0 Å². The van der Waals surface area contributed by atoms with Crippen LogP contribution in [0.15, 0.2) is 17.1 Å². The molecule has 0 aliphatic carbocycles. The Balaban J connectivity index is 0.00000312. The highest BCUT2D eigenvalue weighted by Gasteiger charge is 2.21. The highest BCUT2D eigenvalue weighted by Crippen LogP contribution is 2.33. The number of thioether (sulfide) groups is 1. The van der Waals surface area contributed by atoms with Crippen molar-refractivity contribution in [3.05, 3.63) is 23.3 Å². The summed E-state index contributed by atoms with van der Waals surface area (Å²) in [4.78, 5) is 6.76. The van der Waals surface area contributed by atoms with Gasteiger partial charge in [0.15, 0.2) is 17.5 Å². The van der Waals surface area contributed by atoms with Crippen LogP contribution in [0.4, 0.5) is 0 Å². The van der Waals surface area contributed by atoms with Crippen molar-refractivity contribution in [1.82, 2.24) is 10.2 Å². The van der Waals surface area contributed by atoms with Crippen LogP contribution in [0.5, 0.6) is 11.5 Å². The van der Waals surface area contributed by atoms with Gasteiger partial charge in [0, 0.05) is 26.7 Å². The highest BCUT2D eigenvalue weighted by atomic mass is 127. The van der Waals surface area contributed by atoms with E-state index in [1.807, 2.05) is 18.8 Å². The Morgan fingerprint density at radius 2 is 1.88 bits per heavy atom. The van der Waals surface area contributed by atoms with Crippen LogP contribution < -0.4 is 14.8 Å². The molecule has 7 heteroatoms. The molecule has 2 rings (SSSR count). The zero-order valence-corrected chi connectivity index (χ0v) is 18.8. The van der Waals surface area contributed by atoms with Gasteiger partial charge in [0.2, 0.25) is 0 Å².